The van der Waals surface area contributed by atoms with Crippen molar-refractivity contribution in [1.29, 1.82) is 0 Å². The SMILES string of the molecule is COCCNC(=O)/C(C)=C\C(N)=O. The second-order valence-electron chi connectivity index (χ2n) is 2.48. The summed E-state index contributed by atoms with van der Waals surface area (Å²) in [5.74, 6) is -0.935. The zero-order chi connectivity index (χ0) is 10.3. The minimum atomic E-state index is -0.626. The molecule has 5 nitrogen and oxygen atoms in total. The second kappa shape index (κ2) is 6.19. The highest BCUT2D eigenvalue weighted by Gasteiger charge is 2.03. The molecule has 74 valence electrons. The Labute approximate surface area is 76.9 Å². The van der Waals surface area contributed by atoms with Crippen molar-refractivity contribution in [2.45, 2.75) is 6.92 Å². The van der Waals surface area contributed by atoms with Crippen LogP contribution in [-0.2, 0) is 14.3 Å². The van der Waals surface area contributed by atoms with Crippen molar-refractivity contribution in [1.82, 2.24) is 5.32 Å². The number of nitrogens with one attached hydrogen (secondary N) is 1. The molecule has 0 radical (unpaired) electrons. The molecule has 5 heteroatoms. The summed E-state index contributed by atoms with van der Waals surface area (Å²) in [6.45, 7) is 2.38. The Morgan fingerprint density at radius 1 is 1.54 bits per heavy atom. The summed E-state index contributed by atoms with van der Waals surface area (Å²) in [5.41, 5.74) is 5.16. The minimum Gasteiger partial charge on any atom is -0.383 e. The third-order valence-electron chi connectivity index (χ3n) is 1.31. The summed E-state index contributed by atoms with van der Waals surface area (Å²) in [7, 11) is 1.54. The van der Waals surface area contributed by atoms with Crippen molar-refractivity contribution in [2.24, 2.45) is 5.73 Å². The smallest absolute Gasteiger partial charge is 0.247 e. The molecule has 0 fully saturated rings. The van der Waals surface area contributed by atoms with E-state index >= 15 is 0 Å². The molecule has 3 N–H and O–H groups in total. The van der Waals surface area contributed by atoms with Gasteiger partial charge < -0.3 is 15.8 Å². The number of primary amides is 1. The van der Waals surface area contributed by atoms with E-state index in [0.29, 0.717) is 18.7 Å². The van der Waals surface area contributed by atoms with Crippen LogP contribution >= 0.6 is 0 Å². The lowest BCUT2D eigenvalue weighted by molar-refractivity contribution is -0.118. The second-order valence-corrected chi connectivity index (χ2v) is 2.48. The van der Waals surface area contributed by atoms with Crippen LogP contribution in [0.1, 0.15) is 6.92 Å². The predicted octanol–water partition coefficient (Wildman–Crippen LogP) is -0.819. The standard InChI is InChI=1S/C8H14N2O3/c1-6(5-7(9)11)8(12)10-3-4-13-2/h5H,3-4H2,1-2H3,(H2,9,11)(H,10,12)/b6-5-. The van der Waals surface area contributed by atoms with E-state index in [-0.39, 0.29) is 5.91 Å². The highest BCUT2D eigenvalue weighted by atomic mass is 16.5. The molecule has 0 atom stereocenters. The molecule has 0 unspecified atom stereocenters. The molecular weight excluding hydrogens is 172 g/mol. The van der Waals surface area contributed by atoms with Gasteiger partial charge in [-0.1, -0.05) is 0 Å². The normalized spacial score (nSPS) is 11.1. The van der Waals surface area contributed by atoms with Gasteiger partial charge in [0.2, 0.25) is 11.8 Å². The molecule has 0 bridgehead atoms. The minimum absolute atomic E-state index is 0.295. The quantitative estimate of drug-likeness (QED) is 0.435. The van der Waals surface area contributed by atoms with Crippen LogP contribution < -0.4 is 11.1 Å². The summed E-state index contributed by atoms with van der Waals surface area (Å²) in [6.07, 6.45) is 1.09. The summed E-state index contributed by atoms with van der Waals surface area (Å²) in [6, 6.07) is 0. The zero-order valence-corrected chi connectivity index (χ0v) is 7.79. The molecule has 0 aromatic carbocycles. The lowest BCUT2D eigenvalue weighted by Gasteiger charge is -2.03. The third-order valence-corrected chi connectivity index (χ3v) is 1.31. The molecule has 0 saturated heterocycles. The van der Waals surface area contributed by atoms with Gasteiger partial charge >= 0.3 is 0 Å². The predicted molar refractivity (Wildman–Crippen MR) is 47.8 cm³/mol. The maximum absolute atomic E-state index is 11.1. The number of methoxy groups -OCH3 is 1. The van der Waals surface area contributed by atoms with E-state index in [4.69, 9.17) is 10.5 Å². The summed E-state index contributed by atoms with van der Waals surface area (Å²) < 4.78 is 4.73. The number of hydrogen-bond acceptors (Lipinski definition) is 3. The van der Waals surface area contributed by atoms with E-state index in [9.17, 15) is 9.59 Å². The van der Waals surface area contributed by atoms with E-state index in [0.717, 1.165) is 6.08 Å². The first kappa shape index (κ1) is 11.6. The monoisotopic (exact) mass is 186 g/mol. The van der Waals surface area contributed by atoms with Crippen LogP contribution in [0, 0.1) is 0 Å². The number of carbonyl (C=O) groups is 2. The Kier molecular flexibility index (Phi) is 5.54. The van der Waals surface area contributed by atoms with Crippen LogP contribution in [-0.4, -0.2) is 32.1 Å². The van der Waals surface area contributed by atoms with Crippen LogP contribution in [0.5, 0.6) is 0 Å². The molecule has 0 heterocycles. The van der Waals surface area contributed by atoms with Crippen molar-refractivity contribution < 1.29 is 14.3 Å². The highest BCUT2D eigenvalue weighted by Crippen LogP contribution is 1.90. The van der Waals surface area contributed by atoms with Crippen LogP contribution in [0.2, 0.25) is 0 Å². The fraction of sp³-hybridized carbons (Fsp3) is 0.500. The van der Waals surface area contributed by atoms with Gasteiger partial charge in [-0.25, -0.2) is 0 Å². The molecule has 2 amide bonds. The van der Waals surface area contributed by atoms with Gasteiger partial charge in [-0.05, 0) is 6.92 Å². The van der Waals surface area contributed by atoms with Crippen molar-refractivity contribution in [3.8, 4) is 0 Å². The van der Waals surface area contributed by atoms with E-state index in [2.05, 4.69) is 5.32 Å². The van der Waals surface area contributed by atoms with Crippen LogP contribution in [0.15, 0.2) is 11.6 Å². The Morgan fingerprint density at radius 3 is 2.62 bits per heavy atom. The van der Waals surface area contributed by atoms with Gasteiger partial charge in [0, 0.05) is 25.3 Å². The Balaban J connectivity index is 3.90. The molecule has 13 heavy (non-hydrogen) atoms. The number of hydrogen-bond donors (Lipinski definition) is 2. The maximum atomic E-state index is 11.1. The molecule has 0 aromatic heterocycles. The highest BCUT2D eigenvalue weighted by molar-refractivity contribution is 5.99. The summed E-state index contributed by atoms with van der Waals surface area (Å²) >= 11 is 0. The Morgan fingerprint density at radius 2 is 2.15 bits per heavy atom. The van der Waals surface area contributed by atoms with Gasteiger partial charge in [0.1, 0.15) is 0 Å². The van der Waals surface area contributed by atoms with Crippen LogP contribution in [0.25, 0.3) is 0 Å². The van der Waals surface area contributed by atoms with Crippen molar-refractivity contribution in [3.05, 3.63) is 11.6 Å². The van der Waals surface area contributed by atoms with Gasteiger partial charge in [-0.15, -0.1) is 0 Å². The van der Waals surface area contributed by atoms with Crippen molar-refractivity contribution >= 4 is 11.8 Å². The lowest BCUT2D eigenvalue weighted by Crippen LogP contribution is -2.28. The third kappa shape index (κ3) is 5.86. The molecule has 0 rings (SSSR count). The fourth-order valence-corrected chi connectivity index (χ4v) is 0.685. The largest absolute Gasteiger partial charge is 0.383 e. The number of nitrogens with two attached hydrogens (primary N) is 1. The molecule has 0 aliphatic carbocycles. The molecule has 0 aliphatic heterocycles. The van der Waals surface area contributed by atoms with Gasteiger partial charge in [0.25, 0.3) is 0 Å². The van der Waals surface area contributed by atoms with E-state index in [1.807, 2.05) is 0 Å². The number of amides is 2. The summed E-state index contributed by atoms with van der Waals surface area (Å²) in [4.78, 5) is 21.5. The van der Waals surface area contributed by atoms with Crippen molar-refractivity contribution in [2.75, 3.05) is 20.3 Å². The molecule has 0 aliphatic rings. The first-order valence-corrected chi connectivity index (χ1v) is 3.82. The Hall–Kier alpha value is -1.36. The summed E-state index contributed by atoms with van der Waals surface area (Å²) in [5, 5.41) is 2.55. The fourth-order valence-electron chi connectivity index (χ4n) is 0.685. The number of ether oxygens (including phenoxy) is 1. The van der Waals surface area contributed by atoms with Gasteiger partial charge in [-0.3, -0.25) is 9.59 Å². The lowest BCUT2D eigenvalue weighted by atomic mass is 10.2. The van der Waals surface area contributed by atoms with Crippen LogP contribution in [0.4, 0.5) is 0 Å². The van der Waals surface area contributed by atoms with Crippen molar-refractivity contribution in [3.63, 3.8) is 0 Å². The molecular formula is C8H14N2O3. The number of rotatable bonds is 5. The average Bonchev–Trinajstić information content (AvgIpc) is 2.03. The molecule has 0 aromatic rings. The first-order valence-electron chi connectivity index (χ1n) is 3.82. The topological polar surface area (TPSA) is 81.4 Å². The van der Waals surface area contributed by atoms with E-state index < -0.39 is 5.91 Å². The van der Waals surface area contributed by atoms with Gasteiger partial charge in [-0.2, -0.15) is 0 Å². The van der Waals surface area contributed by atoms with Crippen LogP contribution in [0.3, 0.4) is 0 Å². The maximum Gasteiger partial charge on any atom is 0.247 e. The Bertz CT molecular complexity index is 223. The van der Waals surface area contributed by atoms with E-state index in [1.165, 1.54) is 14.0 Å². The van der Waals surface area contributed by atoms with Gasteiger partial charge in [0.05, 0.1) is 6.61 Å². The first-order chi connectivity index (χ1) is 6.07. The zero-order valence-electron chi connectivity index (χ0n) is 7.79. The van der Waals surface area contributed by atoms with E-state index in [1.54, 1.807) is 0 Å². The average molecular weight is 186 g/mol. The number of carbonyl (C=O) groups excluding carboxylic acids is 2. The molecule has 0 saturated carbocycles. The molecule has 0 spiro atoms. The van der Waals surface area contributed by atoms with Gasteiger partial charge in [0.15, 0.2) is 0 Å².